The Morgan fingerprint density at radius 2 is 1.95 bits per heavy atom. The van der Waals surface area contributed by atoms with Gasteiger partial charge in [-0.1, -0.05) is 30.9 Å². The van der Waals surface area contributed by atoms with Crippen molar-refractivity contribution >= 4 is 17.3 Å². The van der Waals surface area contributed by atoms with E-state index in [1.807, 2.05) is 0 Å². The van der Waals surface area contributed by atoms with Gasteiger partial charge in [0.2, 0.25) is 0 Å². The minimum Gasteiger partial charge on any atom is -0.379 e. The lowest BCUT2D eigenvalue weighted by Crippen LogP contribution is -2.33. The third-order valence-electron chi connectivity index (χ3n) is 4.62. The summed E-state index contributed by atoms with van der Waals surface area (Å²) in [5.41, 5.74) is 0.210. The van der Waals surface area contributed by atoms with Crippen LogP contribution in [-0.2, 0) is 4.74 Å². The van der Waals surface area contributed by atoms with Gasteiger partial charge in [-0.3, -0.25) is 0 Å². The summed E-state index contributed by atoms with van der Waals surface area (Å²) in [7, 11) is 0. The number of hydrogen-bond acceptors (Lipinski definition) is 2. The molecule has 1 saturated heterocycles. The van der Waals surface area contributed by atoms with E-state index in [0.29, 0.717) is 6.54 Å². The van der Waals surface area contributed by atoms with Gasteiger partial charge < -0.3 is 10.1 Å². The molecule has 1 N–H and O–H groups in total. The van der Waals surface area contributed by atoms with Crippen LogP contribution < -0.4 is 5.32 Å². The summed E-state index contributed by atoms with van der Waals surface area (Å²) in [5, 5.41) is 3.04. The zero-order valence-corrected chi connectivity index (χ0v) is 12.7. The highest BCUT2D eigenvalue weighted by Gasteiger charge is 2.40. The monoisotopic (exact) mass is 315 g/mol. The van der Waals surface area contributed by atoms with Crippen LogP contribution in [0.15, 0.2) is 12.1 Å². The van der Waals surface area contributed by atoms with Gasteiger partial charge in [-0.25, -0.2) is 8.78 Å². The van der Waals surface area contributed by atoms with E-state index in [1.165, 1.54) is 19.3 Å². The third kappa shape index (κ3) is 3.32. The van der Waals surface area contributed by atoms with Crippen LogP contribution in [-0.4, -0.2) is 18.2 Å². The molecule has 3 rings (SSSR count). The SMILES string of the molecule is Fc1cc(F)c(NCC2CCC3(CCCCC3)O2)c(Cl)c1. The molecule has 1 heterocycles. The normalized spacial score (nSPS) is 24.4. The van der Waals surface area contributed by atoms with E-state index in [-0.39, 0.29) is 22.4 Å². The first kappa shape index (κ1) is 15.0. The zero-order valence-electron chi connectivity index (χ0n) is 11.9. The predicted octanol–water partition coefficient (Wildman–Crippen LogP) is 4.91. The van der Waals surface area contributed by atoms with Crippen molar-refractivity contribution in [2.45, 2.75) is 56.7 Å². The molecule has 5 heteroatoms. The molecular weight excluding hydrogens is 296 g/mol. The summed E-state index contributed by atoms with van der Waals surface area (Å²) in [4.78, 5) is 0. The molecule has 1 atom stereocenters. The maximum absolute atomic E-state index is 13.7. The highest BCUT2D eigenvalue weighted by Crippen LogP contribution is 2.42. The van der Waals surface area contributed by atoms with Crippen molar-refractivity contribution in [1.29, 1.82) is 0 Å². The molecule has 0 bridgehead atoms. The molecular formula is C16H20ClF2NO. The van der Waals surface area contributed by atoms with E-state index in [0.717, 1.165) is 37.8 Å². The summed E-state index contributed by atoms with van der Waals surface area (Å²) in [5.74, 6) is -1.33. The number of anilines is 1. The molecule has 2 aliphatic rings. The molecule has 1 spiro atoms. The Kier molecular flexibility index (Phi) is 4.36. The minimum atomic E-state index is -0.665. The van der Waals surface area contributed by atoms with Gasteiger partial charge in [0, 0.05) is 12.6 Å². The largest absolute Gasteiger partial charge is 0.379 e. The van der Waals surface area contributed by atoms with Crippen LogP contribution >= 0.6 is 11.6 Å². The Labute approximate surface area is 128 Å². The van der Waals surface area contributed by atoms with Gasteiger partial charge in [-0.2, -0.15) is 0 Å². The van der Waals surface area contributed by atoms with Crippen molar-refractivity contribution in [1.82, 2.24) is 0 Å². The highest BCUT2D eigenvalue weighted by molar-refractivity contribution is 6.33. The van der Waals surface area contributed by atoms with Gasteiger partial charge in [-0.05, 0) is 31.7 Å². The summed E-state index contributed by atoms with van der Waals surface area (Å²) in [6.07, 6.45) is 8.17. The van der Waals surface area contributed by atoms with E-state index in [9.17, 15) is 8.78 Å². The van der Waals surface area contributed by atoms with Gasteiger partial charge >= 0.3 is 0 Å². The maximum atomic E-state index is 13.7. The Hall–Kier alpha value is -0.870. The van der Waals surface area contributed by atoms with Crippen molar-refractivity contribution in [2.75, 3.05) is 11.9 Å². The second-order valence-corrected chi connectivity index (χ2v) is 6.55. The first-order chi connectivity index (χ1) is 10.1. The summed E-state index contributed by atoms with van der Waals surface area (Å²) >= 11 is 5.88. The standard InChI is InChI=1S/C16H20ClF2NO/c17-13-8-11(18)9-14(19)15(13)20-10-12-4-7-16(21-12)5-2-1-3-6-16/h8-9,12,20H,1-7,10H2. The van der Waals surface area contributed by atoms with Crippen molar-refractivity contribution in [3.63, 3.8) is 0 Å². The molecule has 1 aromatic rings. The maximum Gasteiger partial charge on any atom is 0.150 e. The summed E-state index contributed by atoms with van der Waals surface area (Å²) in [6.45, 7) is 0.504. The van der Waals surface area contributed by atoms with Crippen molar-refractivity contribution < 1.29 is 13.5 Å². The van der Waals surface area contributed by atoms with E-state index in [4.69, 9.17) is 16.3 Å². The van der Waals surface area contributed by atoms with Crippen LogP contribution in [0.25, 0.3) is 0 Å². The third-order valence-corrected chi connectivity index (χ3v) is 4.91. The summed E-state index contributed by atoms with van der Waals surface area (Å²) < 4.78 is 32.9. The molecule has 1 saturated carbocycles. The van der Waals surface area contributed by atoms with E-state index >= 15 is 0 Å². The molecule has 2 nitrogen and oxygen atoms in total. The molecule has 2 fully saturated rings. The van der Waals surface area contributed by atoms with Gasteiger partial charge in [0.25, 0.3) is 0 Å². The predicted molar refractivity (Wildman–Crippen MR) is 79.8 cm³/mol. The molecule has 1 aromatic carbocycles. The summed E-state index contributed by atoms with van der Waals surface area (Å²) in [6, 6.07) is 1.96. The minimum absolute atomic E-state index is 0.0513. The number of nitrogens with one attached hydrogen (secondary N) is 1. The van der Waals surface area contributed by atoms with Crippen LogP contribution in [0.4, 0.5) is 14.5 Å². The molecule has 1 aliphatic carbocycles. The smallest absolute Gasteiger partial charge is 0.150 e. The number of halogens is 3. The second-order valence-electron chi connectivity index (χ2n) is 6.15. The number of benzene rings is 1. The second kappa shape index (κ2) is 6.09. The first-order valence-corrected chi connectivity index (χ1v) is 8.02. The Bertz CT molecular complexity index is 494. The van der Waals surface area contributed by atoms with Gasteiger partial charge in [0.1, 0.15) is 5.82 Å². The topological polar surface area (TPSA) is 21.3 Å². The van der Waals surface area contributed by atoms with Crippen molar-refractivity contribution in [2.24, 2.45) is 0 Å². The Morgan fingerprint density at radius 1 is 1.19 bits per heavy atom. The number of rotatable bonds is 3. The number of hydrogen-bond donors (Lipinski definition) is 1. The van der Waals surface area contributed by atoms with E-state index in [1.54, 1.807) is 0 Å². The van der Waals surface area contributed by atoms with Crippen molar-refractivity contribution in [3.8, 4) is 0 Å². The quantitative estimate of drug-likeness (QED) is 0.855. The molecule has 1 unspecified atom stereocenters. The van der Waals surface area contributed by atoms with E-state index in [2.05, 4.69) is 5.32 Å². The lowest BCUT2D eigenvalue weighted by Gasteiger charge is -2.33. The van der Waals surface area contributed by atoms with Crippen LogP contribution in [0.2, 0.25) is 5.02 Å². The van der Waals surface area contributed by atoms with Crippen LogP contribution in [0.5, 0.6) is 0 Å². The van der Waals surface area contributed by atoms with Crippen molar-refractivity contribution in [3.05, 3.63) is 28.8 Å². The van der Waals surface area contributed by atoms with Gasteiger partial charge in [0.15, 0.2) is 5.82 Å². The average Bonchev–Trinajstić information content (AvgIpc) is 2.81. The molecule has 0 aromatic heterocycles. The fourth-order valence-corrected chi connectivity index (χ4v) is 3.79. The molecule has 0 amide bonds. The lowest BCUT2D eigenvalue weighted by atomic mass is 9.83. The Balaban J connectivity index is 1.59. The van der Waals surface area contributed by atoms with Crippen LogP contribution in [0, 0.1) is 11.6 Å². The molecule has 1 aliphatic heterocycles. The lowest BCUT2D eigenvalue weighted by molar-refractivity contribution is -0.0588. The van der Waals surface area contributed by atoms with Gasteiger partial charge in [0.05, 0.1) is 22.4 Å². The molecule has 21 heavy (non-hydrogen) atoms. The average molecular weight is 316 g/mol. The highest BCUT2D eigenvalue weighted by atomic mass is 35.5. The number of ether oxygens (including phenoxy) is 1. The zero-order chi connectivity index (χ0) is 14.9. The fraction of sp³-hybridized carbons (Fsp3) is 0.625. The molecule has 116 valence electrons. The van der Waals surface area contributed by atoms with E-state index < -0.39 is 11.6 Å². The fourth-order valence-electron chi connectivity index (χ4n) is 3.53. The Morgan fingerprint density at radius 3 is 2.67 bits per heavy atom. The van der Waals surface area contributed by atoms with Gasteiger partial charge in [-0.15, -0.1) is 0 Å². The molecule has 0 radical (unpaired) electrons. The van der Waals surface area contributed by atoms with Crippen LogP contribution in [0.3, 0.4) is 0 Å². The van der Waals surface area contributed by atoms with Crippen LogP contribution in [0.1, 0.15) is 44.9 Å². The first-order valence-electron chi connectivity index (χ1n) is 7.64.